The Kier molecular flexibility index (Phi) is 7.80. The molecule has 0 radical (unpaired) electrons. The lowest BCUT2D eigenvalue weighted by molar-refractivity contribution is -0.122. The molecule has 0 aliphatic carbocycles. The number of methoxy groups -OCH3 is 1. The highest BCUT2D eigenvalue weighted by Gasteiger charge is 2.19. The number of benzene rings is 2. The van der Waals surface area contributed by atoms with Gasteiger partial charge in [0.2, 0.25) is 5.91 Å². The highest BCUT2D eigenvalue weighted by molar-refractivity contribution is 5.78. The minimum Gasteiger partial charge on any atom is -0.497 e. The number of hydrogen-bond acceptors (Lipinski definition) is 5. The van der Waals surface area contributed by atoms with Crippen molar-refractivity contribution >= 4 is 11.6 Å². The summed E-state index contributed by atoms with van der Waals surface area (Å²) in [6.45, 7) is 11.5. The van der Waals surface area contributed by atoms with Crippen LogP contribution < -0.4 is 19.7 Å². The van der Waals surface area contributed by atoms with E-state index in [1.165, 1.54) is 11.3 Å². The smallest absolute Gasteiger partial charge is 0.234 e. The van der Waals surface area contributed by atoms with E-state index in [0.717, 1.165) is 37.7 Å². The summed E-state index contributed by atoms with van der Waals surface area (Å²) in [5.74, 6) is 1.74. The number of ether oxygens (including phenoxy) is 2. The molecule has 0 bridgehead atoms. The third-order valence-corrected chi connectivity index (χ3v) is 5.59. The molecule has 2 aromatic carbocycles. The van der Waals surface area contributed by atoms with Crippen molar-refractivity contribution in [1.82, 2.24) is 10.2 Å². The van der Waals surface area contributed by atoms with Crippen molar-refractivity contribution in [2.45, 2.75) is 26.2 Å². The van der Waals surface area contributed by atoms with E-state index in [1.54, 1.807) is 7.11 Å². The number of nitrogens with one attached hydrogen (secondary N) is 1. The molecule has 168 valence electrons. The van der Waals surface area contributed by atoms with Crippen LogP contribution in [0.2, 0.25) is 0 Å². The second-order valence-corrected chi connectivity index (χ2v) is 8.93. The van der Waals surface area contributed by atoms with Gasteiger partial charge in [0.25, 0.3) is 0 Å². The van der Waals surface area contributed by atoms with Gasteiger partial charge in [-0.1, -0.05) is 32.9 Å². The number of carbonyl (C=O) groups excluding carboxylic acids is 1. The third-order valence-electron chi connectivity index (χ3n) is 5.59. The van der Waals surface area contributed by atoms with Gasteiger partial charge in [-0.2, -0.15) is 0 Å². The van der Waals surface area contributed by atoms with Gasteiger partial charge in [-0.15, -0.1) is 0 Å². The van der Waals surface area contributed by atoms with Crippen molar-refractivity contribution in [2.75, 3.05) is 57.9 Å². The quantitative estimate of drug-likeness (QED) is 0.658. The summed E-state index contributed by atoms with van der Waals surface area (Å²) in [4.78, 5) is 16.8. The number of rotatable bonds is 8. The maximum atomic E-state index is 12.3. The molecule has 1 heterocycles. The molecule has 1 fully saturated rings. The van der Waals surface area contributed by atoms with Crippen molar-refractivity contribution in [3.05, 3.63) is 54.1 Å². The lowest BCUT2D eigenvalue weighted by Gasteiger charge is -2.35. The average molecular weight is 426 g/mol. The lowest BCUT2D eigenvalue weighted by Crippen LogP contribution is -2.49. The van der Waals surface area contributed by atoms with Crippen LogP contribution in [0.3, 0.4) is 0 Å². The van der Waals surface area contributed by atoms with Gasteiger partial charge in [-0.05, 0) is 47.4 Å². The first-order chi connectivity index (χ1) is 14.8. The minimum atomic E-state index is 0.0459. The molecule has 3 rings (SSSR count). The van der Waals surface area contributed by atoms with Gasteiger partial charge in [0, 0.05) is 31.9 Å². The van der Waals surface area contributed by atoms with E-state index >= 15 is 0 Å². The van der Waals surface area contributed by atoms with Crippen LogP contribution in [0.1, 0.15) is 26.3 Å². The molecular weight excluding hydrogens is 390 g/mol. The predicted octanol–water partition coefficient (Wildman–Crippen LogP) is 3.31. The molecule has 1 aliphatic heterocycles. The molecule has 6 nitrogen and oxygen atoms in total. The maximum Gasteiger partial charge on any atom is 0.234 e. The number of piperazine rings is 1. The molecule has 1 aliphatic rings. The first kappa shape index (κ1) is 22.9. The molecule has 6 heteroatoms. The van der Waals surface area contributed by atoms with Crippen LogP contribution in [0.25, 0.3) is 0 Å². The molecule has 0 spiro atoms. The summed E-state index contributed by atoms with van der Waals surface area (Å²) in [6.07, 6.45) is 0. The largest absolute Gasteiger partial charge is 0.497 e. The first-order valence-electron chi connectivity index (χ1n) is 11.0. The summed E-state index contributed by atoms with van der Waals surface area (Å²) in [5, 5.41) is 2.96. The van der Waals surface area contributed by atoms with Crippen molar-refractivity contribution < 1.29 is 14.3 Å². The van der Waals surface area contributed by atoms with Crippen LogP contribution in [0, 0.1) is 0 Å². The SMILES string of the molecule is COc1ccc(N2CCN(CC(=O)NCCOc3ccc(C(C)(C)C)cc3)CC2)cc1. The lowest BCUT2D eigenvalue weighted by atomic mass is 9.87. The fourth-order valence-electron chi connectivity index (χ4n) is 3.63. The number of anilines is 1. The zero-order valence-corrected chi connectivity index (χ0v) is 19.2. The molecule has 0 aromatic heterocycles. The summed E-state index contributed by atoms with van der Waals surface area (Å²) < 4.78 is 11.0. The van der Waals surface area contributed by atoms with E-state index in [4.69, 9.17) is 9.47 Å². The topological polar surface area (TPSA) is 54.0 Å². The van der Waals surface area contributed by atoms with Gasteiger partial charge in [0.05, 0.1) is 20.2 Å². The van der Waals surface area contributed by atoms with Gasteiger partial charge >= 0.3 is 0 Å². The summed E-state index contributed by atoms with van der Waals surface area (Å²) >= 11 is 0. The van der Waals surface area contributed by atoms with Gasteiger partial charge in [0.1, 0.15) is 18.1 Å². The zero-order valence-electron chi connectivity index (χ0n) is 19.2. The molecular formula is C25H35N3O3. The molecule has 1 amide bonds. The highest BCUT2D eigenvalue weighted by atomic mass is 16.5. The Bertz CT molecular complexity index is 821. The van der Waals surface area contributed by atoms with E-state index in [9.17, 15) is 4.79 Å². The van der Waals surface area contributed by atoms with E-state index in [2.05, 4.69) is 60.2 Å². The molecule has 1 N–H and O–H groups in total. The van der Waals surface area contributed by atoms with Crippen molar-refractivity contribution in [2.24, 2.45) is 0 Å². The van der Waals surface area contributed by atoms with E-state index < -0.39 is 0 Å². The van der Waals surface area contributed by atoms with Gasteiger partial charge in [-0.25, -0.2) is 0 Å². The summed E-state index contributed by atoms with van der Waals surface area (Å²) in [5.41, 5.74) is 2.60. The minimum absolute atomic E-state index is 0.0459. The van der Waals surface area contributed by atoms with Crippen LogP contribution in [0.15, 0.2) is 48.5 Å². The number of amides is 1. The molecule has 1 saturated heterocycles. The van der Waals surface area contributed by atoms with Crippen molar-refractivity contribution in [1.29, 1.82) is 0 Å². The van der Waals surface area contributed by atoms with Crippen LogP contribution in [-0.4, -0.2) is 63.8 Å². The van der Waals surface area contributed by atoms with Gasteiger partial charge in [0.15, 0.2) is 0 Å². The van der Waals surface area contributed by atoms with Gasteiger partial charge < -0.3 is 19.7 Å². The highest BCUT2D eigenvalue weighted by Crippen LogP contribution is 2.24. The van der Waals surface area contributed by atoms with E-state index in [1.807, 2.05) is 24.3 Å². The van der Waals surface area contributed by atoms with Crippen LogP contribution >= 0.6 is 0 Å². The van der Waals surface area contributed by atoms with Crippen molar-refractivity contribution in [3.63, 3.8) is 0 Å². The standard InChI is InChI=1S/C25H35N3O3/c1-25(2,3)20-5-9-23(10-6-20)31-18-13-26-24(29)19-27-14-16-28(17-15-27)21-7-11-22(30-4)12-8-21/h5-12H,13-19H2,1-4H3,(H,26,29). The second-order valence-electron chi connectivity index (χ2n) is 8.93. The van der Waals surface area contributed by atoms with E-state index in [0.29, 0.717) is 19.7 Å². The number of nitrogens with zero attached hydrogens (tertiary/aromatic N) is 2. The van der Waals surface area contributed by atoms with Crippen LogP contribution in [-0.2, 0) is 10.2 Å². The van der Waals surface area contributed by atoms with Crippen molar-refractivity contribution in [3.8, 4) is 11.5 Å². The second kappa shape index (κ2) is 10.5. The normalized spacial score (nSPS) is 14.9. The average Bonchev–Trinajstić information content (AvgIpc) is 2.77. The maximum absolute atomic E-state index is 12.3. The third kappa shape index (κ3) is 6.89. The Hall–Kier alpha value is -2.73. The molecule has 2 aromatic rings. The Morgan fingerprint density at radius 2 is 1.55 bits per heavy atom. The van der Waals surface area contributed by atoms with Gasteiger partial charge in [-0.3, -0.25) is 9.69 Å². The predicted molar refractivity (Wildman–Crippen MR) is 125 cm³/mol. The molecule has 0 unspecified atom stereocenters. The Morgan fingerprint density at radius 1 is 0.935 bits per heavy atom. The Morgan fingerprint density at radius 3 is 2.13 bits per heavy atom. The summed E-state index contributed by atoms with van der Waals surface area (Å²) in [6, 6.07) is 16.3. The molecule has 0 saturated carbocycles. The zero-order chi connectivity index (χ0) is 22.3. The summed E-state index contributed by atoms with van der Waals surface area (Å²) in [7, 11) is 1.68. The fourth-order valence-corrected chi connectivity index (χ4v) is 3.63. The van der Waals surface area contributed by atoms with Crippen LogP contribution in [0.4, 0.5) is 5.69 Å². The monoisotopic (exact) mass is 425 g/mol. The molecule has 0 atom stereocenters. The molecule has 31 heavy (non-hydrogen) atoms. The Labute approximate surface area is 186 Å². The number of hydrogen-bond donors (Lipinski definition) is 1. The Balaban J connectivity index is 1.32. The first-order valence-corrected chi connectivity index (χ1v) is 11.0. The van der Waals surface area contributed by atoms with Crippen LogP contribution in [0.5, 0.6) is 11.5 Å². The fraction of sp³-hybridized carbons (Fsp3) is 0.480. The van der Waals surface area contributed by atoms with E-state index in [-0.39, 0.29) is 11.3 Å². The number of carbonyl (C=O) groups is 1.